The molecule has 110 valence electrons. The Balaban J connectivity index is 2.12. The number of hydrogen-bond donors (Lipinski definition) is 0. The van der Waals surface area contributed by atoms with Crippen LogP contribution >= 0.6 is 11.6 Å². The molecule has 0 fully saturated rings. The maximum Gasteiger partial charge on any atom is 0.160 e. The largest absolute Gasteiger partial charge is 0.309 e. The molecule has 0 saturated carbocycles. The molecule has 2 aromatic heterocycles. The summed E-state index contributed by atoms with van der Waals surface area (Å²) in [5, 5.41) is 9.33. The third-order valence-corrected chi connectivity index (χ3v) is 3.74. The van der Waals surface area contributed by atoms with Crippen LogP contribution in [-0.2, 0) is 6.54 Å². The zero-order chi connectivity index (χ0) is 15.5. The molecule has 0 amide bonds. The van der Waals surface area contributed by atoms with Gasteiger partial charge in [-0.05, 0) is 19.4 Å². The van der Waals surface area contributed by atoms with Gasteiger partial charge in [0.1, 0.15) is 11.3 Å². The van der Waals surface area contributed by atoms with Crippen molar-refractivity contribution < 1.29 is 0 Å². The highest BCUT2D eigenvalue weighted by molar-refractivity contribution is 6.31. The van der Waals surface area contributed by atoms with Crippen molar-refractivity contribution in [2.45, 2.75) is 26.3 Å². The SMILES string of the molecule is Cc1ccc(-c2nc3cc(Cl)cnc3n2CCCC#N)cc1. The molecule has 4 nitrogen and oxygen atoms in total. The van der Waals surface area contributed by atoms with E-state index in [1.807, 2.05) is 6.07 Å². The molecule has 1 aromatic carbocycles. The highest BCUT2D eigenvalue weighted by atomic mass is 35.5. The molecule has 0 atom stereocenters. The Morgan fingerprint density at radius 2 is 2.05 bits per heavy atom. The van der Waals surface area contributed by atoms with Crippen LogP contribution in [0.15, 0.2) is 36.5 Å². The average Bonchev–Trinajstić information content (AvgIpc) is 2.86. The lowest BCUT2D eigenvalue weighted by molar-refractivity contribution is 0.670. The summed E-state index contributed by atoms with van der Waals surface area (Å²) in [6, 6.07) is 12.2. The normalized spacial score (nSPS) is 10.8. The number of aryl methyl sites for hydroxylation is 2. The third-order valence-electron chi connectivity index (χ3n) is 3.53. The van der Waals surface area contributed by atoms with Gasteiger partial charge in [-0.3, -0.25) is 0 Å². The van der Waals surface area contributed by atoms with E-state index in [9.17, 15) is 0 Å². The third kappa shape index (κ3) is 2.81. The van der Waals surface area contributed by atoms with Crippen LogP contribution in [0.5, 0.6) is 0 Å². The second-order valence-electron chi connectivity index (χ2n) is 5.21. The van der Waals surface area contributed by atoms with Crippen LogP contribution in [0.4, 0.5) is 0 Å². The van der Waals surface area contributed by atoms with Crippen molar-refractivity contribution in [3.8, 4) is 17.5 Å². The Kier molecular flexibility index (Phi) is 4.08. The van der Waals surface area contributed by atoms with Crippen molar-refractivity contribution in [1.29, 1.82) is 5.26 Å². The van der Waals surface area contributed by atoms with Gasteiger partial charge < -0.3 is 4.57 Å². The van der Waals surface area contributed by atoms with Gasteiger partial charge in [0.25, 0.3) is 0 Å². The van der Waals surface area contributed by atoms with Gasteiger partial charge in [0, 0.05) is 24.7 Å². The minimum absolute atomic E-state index is 0.514. The number of hydrogen-bond acceptors (Lipinski definition) is 3. The van der Waals surface area contributed by atoms with Gasteiger partial charge >= 0.3 is 0 Å². The monoisotopic (exact) mass is 310 g/mol. The Bertz CT molecular complexity index is 843. The van der Waals surface area contributed by atoms with Gasteiger partial charge in [0.2, 0.25) is 0 Å². The lowest BCUT2D eigenvalue weighted by Crippen LogP contribution is -2.01. The molecule has 0 aliphatic carbocycles. The van der Waals surface area contributed by atoms with Gasteiger partial charge in [-0.2, -0.15) is 5.26 Å². The molecule has 22 heavy (non-hydrogen) atoms. The summed E-state index contributed by atoms with van der Waals surface area (Å²) in [5.74, 6) is 0.864. The zero-order valence-corrected chi connectivity index (χ0v) is 13.0. The first-order valence-electron chi connectivity index (χ1n) is 7.15. The van der Waals surface area contributed by atoms with Crippen LogP contribution in [0.25, 0.3) is 22.6 Å². The number of unbranched alkanes of at least 4 members (excludes halogenated alkanes) is 1. The predicted octanol–water partition coefficient (Wildman–Crippen LogP) is 4.36. The molecule has 5 heteroatoms. The van der Waals surface area contributed by atoms with Gasteiger partial charge in [-0.1, -0.05) is 41.4 Å². The first-order valence-corrected chi connectivity index (χ1v) is 7.52. The van der Waals surface area contributed by atoms with E-state index < -0.39 is 0 Å². The summed E-state index contributed by atoms with van der Waals surface area (Å²) >= 11 is 6.02. The van der Waals surface area contributed by atoms with E-state index in [0.717, 1.165) is 29.0 Å². The Labute approximate surface area is 134 Å². The summed E-state index contributed by atoms with van der Waals surface area (Å²) in [4.78, 5) is 9.09. The van der Waals surface area contributed by atoms with Crippen LogP contribution in [0.1, 0.15) is 18.4 Å². The molecule has 2 heterocycles. The van der Waals surface area contributed by atoms with Crippen LogP contribution in [-0.4, -0.2) is 14.5 Å². The topological polar surface area (TPSA) is 54.5 Å². The molecule has 0 aliphatic heterocycles. The Morgan fingerprint density at radius 1 is 1.27 bits per heavy atom. The molecule has 3 rings (SSSR count). The first-order chi connectivity index (χ1) is 10.7. The molecule has 0 saturated heterocycles. The zero-order valence-electron chi connectivity index (χ0n) is 12.3. The molecule has 3 aromatic rings. The maximum atomic E-state index is 8.75. The minimum Gasteiger partial charge on any atom is -0.309 e. The van der Waals surface area contributed by atoms with Gasteiger partial charge in [0.05, 0.1) is 11.1 Å². The second-order valence-corrected chi connectivity index (χ2v) is 5.65. The van der Waals surface area contributed by atoms with Crippen molar-refractivity contribution in [3.05, 3.63) is 47.1 Å². The lowest BCUT2D eigenvalue weighted by atomic mass is 10.1. The number of rotatable bonds is 4. The van der Waals surface area contributed by atoms with E-state index in [2.05, 4.69) is 51.8 Å². The molecule has 0 radical (unpaired) electrons. The molecular formula is C17H15ClN4. The van der Waals surface area contributed by atoms with Gasteiger partial charge in [0.15, 0.2) is 5.65 Å². The highest BCUT2D eigenvalue weighted by Gasteiger charge is 2.13. The molecule has 0 spiro atoms. The maximum absolute atomic E-state index is 8.75. The molecule has 0 bridgehead atoms. The fourth-order valence-electron chi connectivity index (χ4n) is 2.44. The summed E-state index contributed by atoms with van der Waals surface area (Å²) in [6.45, 7) is 2.77. The van der Waals surface area contributed by atoms with Crippen molar-refractivity contribution in [3.63, 3.8) is 0 Å². The predicted molar refractivity (Wildman–Crippen MR) is 87.6 cm³/mol. The van der Waals surface area contributed by atoms with Gasteiger partial charge in [-0.25, -0.2) is 9.97 Å². The van der Waals surface area contributed by atoms with Crippen LogP contribution in [0.3, 0.4) is 0 Å². The average molecular weight is 311 g/mol. The molecular weight excluding hydrogens is 296 g/mol. The summed E-state index contributed by atoms with van der Waals surface area (Å²) in [7, 11) is 0. The summed E-state index contributed by atoms with van der Waals surface area (Å²) in [5.41, 5.74) is 3.83. The van der Waals surface area contributed by atoms with Crippen molar-refractivity contribution in [2.24, 2.45) is 0 Å². The van der Waals surface area contributed by atoms with E-state index >= 15 is 0 Å². The van der Waals surface area contributed by atoms with Crippen LogP contribution in [0.2, 0.25) is 5.02 Å². The van der Waals surface area contributed by atoms with E-state index in [1.165, 1.54) is 5.56 Å². The lowest BCUT2D eigenvalue weighted by Gasteiger charge is -2.08. The summed E-state index contributed by atoms with van der Waals surface area (Å²) < 4.78 is 2.06. The van der Waals surface area contributed by atoms with Crippen LogP contribution in [0, 0.1) is 18.3 Å². The number of fused-ring (bicyclic) bond motifs is 1. The number of aromatic nitrogens is 3. The van der Waals surface area contributed by atoms with Crippen LogP contribution < -0.4 is 0 Å². The molecule has 0 aliphatic rings. The molecule has 0 unspecified atom stereocenters. The van der Waals surface area contributed by atoms with Crippen molar-refractivity contribution in [1.82, 2.24) is 14.5 Å². The van der Waals surface area contributed by atoms with Crippen molar-refractivity contribution >= 4 is 22.8 Å². The highest BCUT2D eigenvalue weighted by Crippen LogP contribution is 2.26. The van der Waals surface area contributed by atoms with Gasteiger partial charge in [-0.15, -0.1) is 0 Å². The van der Waals surface area contributed by atoms with E-state index in [1.54, 1.807) is 6.20 Å². The minimum atomic E-state index is 0.514. The van der Waals surface area contributed by atoms with E-state index in [0.29, 0.717) is 18.0 Å². The second kappa shape index (κ2) is 6.17. The van der Waals surface area contributed by atoms with E-state index in [4.69, 9.17) is 16.9 Å². The quantitative estimate of drug-likeness (QED) is 0.673. The fraction of sp³-hybridized carbons (Fsp3) is 0.235. The van der Waals surface area contributed by atoms with E-state index in [-0.39, 0.29) is 0 Å². The molecule has 0 N–H and O–H groups in total. The standard InChI is InChI=1S/C17H15ClN4/c1-12-4-6-13(7-5-12)16-21-15-10-14(18)11-20-17(15)22(16)9-3-2-8-19/h4-7,10-11H,2-3,9H2,1H3. The Hall–Kier alpha value is -2.38. The fourth-order valence-corrected chi connectivity index (χ4v) is 2.59. The number of benzene rings is 1. The number of pyridine rings is 1. The number of nitrogens with zero attached hydrogens (tertiary/aromatic N) is 4. The number of nitriles is 1. The van der Waals surface area contributed by atoms with Crippen molar-refractivity contribution in [2.75, 3.05) is 0 Å². The number of imidazole rings is 1. The first kappa shape index (κ1) is 14.6. The smallest absolute Gasteiger partial charge is 0.160 e. The summed E-state index contributed by atoms with van der Waals surface area (Å²) in [6.07, 6.45) is 2.91. The Morgan fingerprint density at radius 3 is 2.77 bits per heavy atom. The number of halogens is 1.